The van der Waals surface area contributed by atoms with Gasteiger partial charge in [0.05, 0.1) is 12.6 Å². The second kappa shape index (κ2) is 5.43. The van der Waals surface area contributed by atoms with Crippen molar-refractivity contribution < 1.29 is 4.79 Å². The Kier molecular flexibility index (Phi) is 4.49. The SMILES string of the molecule is C#CCNC(=O)C(C)NCC1(SC)CC1. The summed E-state index contributed by atoms with van der Waals surface area (Å²) in [4.78, 5) is 11.5. The fraction of sp³-hybridized carbons (Fsp3) is 0.727. The standard InChI is InChI=1S/C11H18N2OS/c1-4-7-12-10(14)9(2)13-8-11(15-3)5-6-11/h1,9,13H,5-8H2,2-3H3,(H,12,14). The molecule has 0 heterocycles. The van der Waals surface area contributed by atoms with Crippen LogP contribution in [-0.4, -0.2) is 36.0 Å². The maximum absolute atomic E-state index is 11.5. The van der Waals surface area contributed by atoms with E-state index in [9.17, 15) is 4.79 Å². The van der Waals surface area contributed by atoms with E-state index in [0.717, 1.165) is 6.54 Å². The van der Waals surface area contributed by atoms with Gasteiger partial charge in [-0.2, -0.15) is 11.8 Å². The number of carbonyl (C=O) groups excluding carboxylic acids is 1. The van der Waals surface area contributed by atoms with Crippen LogP contribution in [-0.2, 0) is 4.79 Å². The quantitative estimate of drug-likeness (QED) is 0.652. The lowest BCUT2D eigenvalue weighted by molar-refractivity contribution is -0.122. The average molecular weight is 226 g/mol. The van der Waals surface area contributed by atoms with Crippen LogP contribution in [0, 0.1) is 12.3 Å². The summed E-state index contributed by atoms with van der Waals surface area (Å²) >= 11 is 1.88. The highest BCUT2D eigenvalue weighted by atomic mass is 32.2. The molecule has 1 rings (SSSR count). The molecule has 84 valence electrons. The lowest BCUT2D eigenvalue weighted by atomic mass is 10.3. The third kappa shape index (κ3) is 3.77. The molecule has 3 nitrogen and oxygen atoms in total. The van der Waals surface area contributed by atoms with E-state index in [1.807, 2.05) is 18.7 Å². The maximum atomic E-state index is 11.5. The summed E-state index contributed by atoms with van der Waals surface area (Å²) in [5.74, 6) is 2.36. The largest absolute Gasteiger partial charge is 0.344 e. The van der Waals surface area contributed by atoms with Crippen LogP contribution >= 0.6 is 11.8 Å². The van der Waals surface area contributed by atoms with Crippen LogP contribution in [0.15, 0.2) is 0 Å². The van der Waals surface area contributed by atoms with Gasteiger partial charge in [-0.25, -0.2) is 0 Å². The van der Waals surface area contributed by atoms with Crippen LogP contribution in [0.2, 0.25) is 0 Å². The molecular formula is C11H18N2OS. The first-order valence-corrected chi connectivity index (χ1v) is 6.36. The summed E-state index contributed by atoms with van der Waals surface area (Å²) in [6.45, 7) is 3.07. The summed E-state index contributed by atoms with van der Waals surface area (Å²) in [7, 11) is 0. The molecule has 1 atom stereocenters. The van der Waals surface area contributed by atoms with E-state index in [1.54, 1.807) is 0 Å². The minimum Gasteiger partial charge on any atom is -0.344 e. The molecule has 0 saturated heterocycles. The monoisotopic (exact) mass is 226 g/mol. The predicted octanol–water partition coefficient (Wildman–Crippen LogP) is 0.609. The van der Waals surface area contributed by atoms with E-state index in [4.69, 9.17) is 6.42 Å². The van der Waals surface area contributed by atoms with Gasteiger partial charge in [-0.05, 0) is 26.0 Å². The summed E-state index contributed by atoms with van der Waals surface area (Å²) in [6.07, 6.45) is 9.69. The Labute approximate surface area is 95.8 Å². The van der Waals surface area contributed by atoms with Crippen molar-refractivity contribution in [3.63, 3.8) is 0 Å². The van der Waals surface area contributed by atoms with E-state index >= 15 is 0 Å². The van der Waals surface area contributed by atoms with Gasteiger partial charge in [0, 0.05) is 11.3 Å². The van der Waals surface area contributed by atoms with Gasteiger partial charge in [-0.3, -0.25) is 4.79 Å². The molecule has 1 aliphatic carbocycles. The van der Waals surface area contributed by atoms with Crippen molar-refractivity contribution in [3.8, 4) is 12.3 Å². The predicted molar refractivity (Wildman–Crippen MR) is 64.8 cm³/mol. The minimum absolute atomic E-state index is 0.0233. The highest BCUT2D eigenvalue weighted by molar-refractivity contribution is 8.00. The van der Waals surface area contributed by atoms with E-state index < -0.39 is 0 Å². The molecule has 1 saturated carbocycles. The second-order valence-electron chi connectivity index (χ2n) is 3.91. The summed E-state index contributed by atoms with van der Waals surface area (Å²) < 4.78 is 0.390. The maximum Gasteiger partial charge on any atom is 0.237 e. The number of hydrogen-bond acceptors (Lipinski definition) is 3. The fourth-order valence-electron chi connectivity index (χ4n) is 1.32. The third-order valence-corrected chi connectivity index (χ3v) is 4.15. The topological polar surface area (TPSA) is 41.1 Å². The van der Waals surface area contributed by atoms with Gasteiger partial charge in [-0.15, -0.1) is 6.42 Å². The Morgan fingerprint density at radius 2 is 2.33 bits per heavy atom. The van der Waals surface area contributed by atoms with E-state index in [0.29, 0.717) is 11.3 Å². The summed E-state index contributed by atoms with van der Waals surface area (Å²) in [5.41, 5.74) is 0. The first-order chi connectivity index (χ1) is 7.13. The Bertz CT molecular complexity index is 268. The fourth-order valence-corrected chi connectivity index (χ4v) is 2.05. The molecule has 0 radical (unpaired) electrons. The minimum atomic E-state index is -0.164. The molecule has 2 N–H and O–H groups in total. The molecule has 0 bridgehead atoms. The van der Waals surface area contributed by atoms with Crippen molar-refractivity contribution in [1.82, 2.24) is 10.6 Å². The molecule has 0 aromatic rings. The second-order valence-corrected chi connectivity index (χ2v) is 5.19. The number of terminal acetylenes is 1. The Balaban J connectivity index is 2.21. The molecule has 1 fully saturated rings. The smallest absolute Gasteiger partial charge is 0.237 e. The van der Waals surface area contributed by atoms with Crippen LogP contribution in [0.3, 0.4) is 0 Å². The van der Waals surface area contributed by atoms with E-state index in [1.165, 1.54) is 12.8 Å². The molecule has 0 aromatic carbocycles. The van der Waals surface area contributed by atoms with Gasteiger partial charge in [0.1, 0.15) is 0 Å². The number of carbonyl (C=O) groups is 1. The number of hydrogen-bond donors (Lipinski definition) is 2. The molecular weight excluding hydrogens is 208 g/mol. The molecule has 1 amide bonds. The zero-order chi connectivity index (χ0) is 11.3. The molecule has 15 heavy (non-hydrogen) atoms. The van der Waals surface area contributed by atoms with Crippen molar-refractivity contribution in [2.75, 3.05) is 19.3 Å². The number of thioether (sulfide) groups is 1. The molecule has 0 spiro atoms. The Hall–Kier alpha value is -0.660. The highest BCUT2D eigenvalue weighted by Crippen LogP contribution is 2.46. The molecule has 1 aliphatic rings. The van der Waals surface area contributed by atoms with Crippen LogP contribution < -0.4 is 10.6 Å². The van der Waals surface area contributed by atoms with Crippen molar-refractivity contribution in [2.45, 2.75) is 30.6 Å². The zero-order valence-electron chi connectivity index (χ0n) is 9.30. The van der Waals surface area contributed by atoms with Crippen LogP contribution in [0.1, 0.15) is 19.8 Å². The first kappa shape index (κ1) is 12.4. The van der Waals surface area contributed by atoms with E-state index in [2.05, 4.69) is 22.8 Å². The molecule has 0 aliphatic heterocycles. The van der Waals surface area contributed by atoms with Crippen LogP contribution in [0.25, 0.3) is 0 Å². The van der Waals surface area contributed by atoms with Gasteiger partial charge in [0.25, 0.3) is 0 Å². The first-order valence-electron chi connectivity index (χ1n) is 5.13. The van der Waals surface area contributed by atoms with Gasteiger partial charge in [0.15, 0.2) is 0 Å². The molecule has 0 aromatic heterocycles. The van der Waals surface area contributed by atoms with Gasteiger partial charge in [0.2, 0.25) is 5.91 Å². The van der Waals surface area contributed by atoms with Gasteiger partial charge in [-0.1, -0.05) is 5.92 Å². The number of nitrogens with one attached hydrogen (secondary N) is 2. The van der Waals surface area contributed by atoms with Gasteiger partial charge >= 0.3 is 0 Å². The number of rotatable bonds is 6. The van der Waals surface area contributed by atoms with Crippen molar-refractivity contribution >= 4 is 17.7 Å². The summed E-state index contributed by atoms with van der Waals surface area (Å²) in [6, 6.07) is -0.164. The molecule has 1 unspecified atom stereocenters. The van der Waals surface area contributed by atoms with Crippen molar-refractivity contribution in [3.05, 3.63) is 0 Å². The Morgan fingerprint density at radius 1 is 1.67 bits per heavy atom. The molecule has 4 heteroatoms. The van der Waals surface area contributed by atoms with Gasteiger partial charge < -0.3 is 10.6 Å². The van der Waals surface area contributed by atoms with Crippen LogP contribution in [0.4, 0.5) is 0 Å². The third-order valence-electron chi connectivity index (χ3n) is 2.73. The highest BCUT2D eigenvalue weighted by Gasteiger charge is 2.41. The number of amides is 1. The lowest BCUT2D eigenvalue weighted by Gasteiger charge is -2.17. The summed E-state index contributed by atoms with van der Waals surface area (Å²) in [5, 5.41) is 5.91. The average Bonchev–Trinajstić information content (AvgIpc) is 3.03. The zero-order valence-corrected chi connectivity index (χ0v) is 10.1. The van der Waals surface area contributed by atoms with E-state index in [-0.39, 0.29) is 11.9 Å². The van der Waals surface area contributed by atoms with Crippen LogP contribution in [0.5, 0.6) is 0 Å². The Morgan fingerprint density at radius 3 is 2.80 bits per heavy atom. The lowest BCUT2D eigenvalue weighted by Crippen LogP contribution is -2.44. The van der Waals surface area contributed by atoms with Crippen molar-refractivity contribution in [1.29, 1.82) is 0 Å². The van der Waals surface area contributed by atoms with Crippen molar-refractivity contribution in [2.24, 2.45) is 0 Å². The normalized spacial score (nSPS) is 19.0.